The predicted molar refractivity (Wildman–Crippen MR) is 272 cm³/mol. The lowest BCUT2D eigenvalue weighted by Gasteiger charge is -2.20. The fraction of sp³-hybridized carbons (Fsp3) is 0.365. The first-order chi connectivity index (χ1) is 33.5. The van der Waals surface area contributed by atoms with Gasteiger partial charge in [-0.3, -0.25) is 29.6 Å². The van der Waals surface area contributed by atoms with Gasteiger partial charge < -0.3 is 29.4 Å². The molecule has 4 aromatic rings. The number of aryl methyl sites for hydroxylation is 1. The summed E-state index contributed by atoms with van der Waals surface area (Å²) in [7, 11) is 0. The summed E-state index contributed by atoms with van der Waals surface area (Å²) in [5.41, 5.74) is 4.59. The van der Waals surface area contributed by atoms with Crippen molar-refractivity contribution in [2.24, 2.45) is 10.2 Å². The maximum atomic E-state index is 12.2. The molecule has 2 aliphatic rings. The monoisotopic (exact) mass is 975 g/mol. The number of aldehydes is 1. The molecule has 3 heterocycles. The number of benzene rings is 3. The van der Waals surface area contributed by atoms with Crippen LogP contribution in [0, 0.1) is 17.6 Å². The number of esters is 1. The number of aromatic carboxylic acids is 1. The SMILES string of the molecule is C=C(C)/C=C\N=C(C)C.CC1CCO1.CCCCN(CC)Cc1ncc(/C=C/C=O)n1CC.Cc1cc(F)ccc1O.O=C(O)c1ccccc1.O=C(OC1CN1)c1ccccc1.O=CN=O.O=CO. The van der Waals surface area contributed by atoms with Gasteiger partial charge in [-0.25, -0.2) is 19.0 Å². The Balaban J connectivity index is 0. The van der Waals surface area contributed by atoms with Crippen molar-refractivity contribution in [3.63, 3.8) is 0 Å². The topological polar surface area (TPSA) is 249 Å². The first-order valence-electron chi connectivity index (χ1n) is 22.4. The molecule has 1 amide bonds. The van der Waals surface area contributed by atoms with Gasteiger partial charge in [0.25, 0.3) is 12.9 Å². The van der Waals surface area contributed by atoms with Crippen LogP contribution in [-0.4, -0.2) is 105 Å². The van der Waals surface area contributed by atoms with E-state index < -0.39 is 5.97 Å². The number of rotatable bonds is 15. The molecule has 2 atom stereocenters. The summed E-state index contributed by atoms with van der Waals surface area (Å²) in [6.45, 7) is 25.2. The minimum Gasteiger partial charge on any atom is -0.508 e. The summed E-state index contributed by atoms with van der Waals surface area (Å²) in [5, 5.41) is 28.8. The Labute approximate surface area is 411 Å². The van der Waals surface area contributed by atoms with Crippen molar-refractivity contribution in [1.82, 2.24) is 19.8 Å². The van der Waals surface area contributed by atoms with Gasteiger partial charge in [-0.15, -0.1) is 4.91 Å². The van der Waals surface area contributed by atoms with Gasteiger partial charge in [-0.05, 0) is 134 Å². The van der Waals surface area contributed by atoms with Gasteiger partial charge in [0, 0.05) is 36.8 Å². The highest BCUT2D eigenvalue weighted by Gasteiger charge is 2.25. The Morgan fingerprint density at radius 1 is 1.01 bits per heavy atom. The first-order valence-corrected chi connectivity index (χ1v) is 22.4. The van der Waals surface area contributed by atoms with Crippen molar-refractivity contribution in [1.29, 1.82) is 0 Å². The maximum Gasteiger partial charge on any atom is 0.339 e. The van der Waals surface area contributed by atoms with Crippen molar-refractivity contribution < 1.29 is 53.2 Å². The van der Waals surface area contributed by atoms with Gasteiger partial charge in [0.1, 0.15) is 23.7 Å². The summed E-state index contributed by atoms with van der Waals surface area (Å²) < 4.78 is 24.3. The number of phenols is 1. The van der Waals surface area contributed by atoms with E-state index in [9.17, 15) is 18.8 Å². The van der Waals surface area contributed by atoms with Crippen molar-refractivity contribution in [3.8, 4) is 5.75 Å². The number of allylic oxidation sites excluding steroid dienone is 3. The number of carboxylic acid groups (broad SMARTS) is 2. The standard InChI is InChI=1S/C15H25N3O.C9H9NO2.C8H13N.C7H7FO.C7H6O2.C4H8O.CHNO2.CH2O2/c1-4-7-10-17(5-2)13-15-16-12-14(9-8-11-19)18(15)6-3;11-9(12-8-6-10-8)7-4-2-1-3-5-7;1-7(2)5-6-9-8(3)4;1-5-4-6(8)2-3-7(5)9;8-7(9)6-4-2-1-3-5-6;1-4-2-3-5-4;3-1-2-4;2-1-3/h8-9,11-12H,4-7,10,13H2,1-3H3;1-5,8,10H,6H2;5-6H,1H2,2-4H3;2-4,9H,1H3;1-5H,(H,8,9);4H,2-3H2,1H3;1H;1H,(H,2,3)/b9-8+;;6-5-;;;;;. The van der Waals surface area contributed by atoms with Crippen molar-refractivity contribution in [2.75, 3.05) is 26.2 Å². The number of carbonyl (C=O) groups is 5. The second-order valence-electron chi connectivity index (χ2n) is 14.9. The number of halogens is 1. The highest BCUT2D eigenvalue weighted by atomic mass is 19.1. The summed E-state index contributed by atoms with van der Waals surface area (Å²) in [6, 6.07) is 21.1. The number of nitrogens with zero attached hydrogens (tertiary/aromatic N) is 5. The molecule has 2 fully saturated rings. The number of phenolic OH excluding ortho intramolecular Hbond substituents is 1. The van der Waals surface area contributed by atoms with Crippen molar-refractivity contribution >= 4 is 42.9 Å². The number of carboxylic acids is 1. The number of nitroso groups, excluding NO2 is 1. The van der Waals surface area contributed by atoms with Crippen molar-refractivity contribution in [3.05, 3.63) is 154 Å². The molecule has 4 N–H and O–H groups in total. The minimum absolute atomic E-state index is 0.0556. The molecule has 17 nitrogen and oxygen atoms in total. The molecule has 3 aromatic carbocycles. The Kier molecular flexibility index (Phi) is 38.8. The van der Waals surface area contributed by atoms with Crippen LogP contribution in [0.25, 0.3) is 6.08 Å². The first kappa shape index (κ1) is 64.8. The van der Waals surface area contributed by atoms with Crippen LogP contribution in [0.15, 0.2) is 126 Å². The Morgan fingerprint density at radius 2 is 1.57 bits per heavy atom. The van der Waals surface area contributed by atoms with Crippen LogP contribution < -0.4 is 5.32 Å². The molecule has 0 saturated carbocycles. The van der Waals surface area contributed by atoms with E-state index in [1.165, 1.54) is 43.5 Å². The molecule has 0 radical (unpaired) electrons. The van der Waals surface area contributed by atoms with E-state index >= 15 is 0 Å². The van der Waals surface area contributed by atoms with E-state index in [4.69, 9.17) is 39.3 Å². The molecule has 0 aliphatic carbocycles. The van der Waals surface area contributed by atoms with Gasteiger partial charge >= 0.3 is 11.9 Å². The average molecular weight is 975 g/mol. The van der Waals surface area contributed by atoms with Crippen LogP contribution in [0.1, 0.15) is 106 Å². The molecule has 70 heavy (non-hydrogen) atoms. The smallest absolute Gasteiger partial charge is 0.339 e. The molecule has 18 heteroatoms. The normalized spacial score (nSPS) is 13.3. The molecular formula is C52H71FN6O11. The van der Waals surface area contributed by atoms with E-state index in [1.807, 2.05) is 57.3 Å². The molecule has 2 saturated heterocycles. The van der Waals surface area contributed by atoms with Crippen LogP contribution in [0.3, 0.4) is 0 Å². The van der Waals surface area contributed by atoms with Gasteiger partial charge in [-0.1, -0.05) is 68.8 Å². The summed E-state index contributed by atoms with van der Waals surface area (Å²) in [6.07, 6.45) is 13.8. The van der Waals surface area contributed by atoms with Gasteiger partial charge in [0.15, 0.2) is 6.23 Å². The largest absolute Gasteiger partial charge is 0.508 e. The molecule has 2 unspecified atom stereocenters. The fourth-order valence-corrected chi connectivity index (χ4v) is 4.89. The predicted octanol–water partition coefficient (Wildman–Crippen LogP) is 9.70. The lowest BCUT2D eigenvalue weighted by molar-refractivity contribution is -0.123. The lowest BCUT2D eigenvalue weighted by atomic mass is 10.2. The third-order valence-corrected chi connectivity index (χ3v) is 8.74. The Morgan fingerprint density at radius 3 is 1.94 bits per heavy atom. The van der Waals surface area contributed by atoms with Gasteiger partial charge in [0.05, 0.1) is 35.7 Å². The van der Waals surface area contributed by atoms with Gasteiger partial charge in [0.2, 0.25) is 0 Å². The van der Waals surface area contributed by atoms with Crippen LogP contribution in [-0.2, 0) is 36.9 Å². The number of nitrogens with one attached hydrogen (secondary N) is 1. The second-order valence-corrected chi connectivity index (χ2v) is 14.9. The Bertz CT molecular complexity index is 2160. The van der Waals surface area contributed by atoms with E-state index in [0.717, 1.165) is 68.4 Å². The third-order valence-electron chi connectivity index (χ3n) is 8.74. The van der Waals surface area contributed by atoms with Crippen LogP contribution in [0.2, 0.25) is 0 Å². The highest BCUT2D eigenvalue weighted by Crippen LogP contribution is 2.15. The molecule has 0 spiro atoms. The number of aromatic nitrogens is 2. The zero-order chi connectivity index (χ0) is 53.1. The van der Waals surface area contributed by atoms with Gasteiger partial charge in [-0.2, -0.15) is 0 Å². The minimum atomic E-state index is -0.879. The second kappa shape index (κ2) is 41.9. The number of aliphatic imine (C=N–C) groups is 1. The van der Waals surface area contributed by atoms with Crippen LogP contribution in [0.4, 0.5) is 4.39 Å². The zero-order valence-electron chi connectivity index (χ0n) is 41.6. The quantitative estimate of drug-likeness (QED) is 0.0165. The molecule has 1 aromatic heterocycles. The Hall–Kier alpha value is -7.28. The number of ether oxygens (including phenoxy) is 2. The molecule has 0 bridgehead atoms. The maximum absolute atomic E-state index is 12.2. The average Bonchev–Trinajstić information content (AvgIpc) is 4.08. The number of aromatic hydroxyl groups is 1. The molecule has 6 rings (SSSR count). The molecule has 2 aliphatic heterocycles. The number of hydrogen-bond acceptors (Lipinski definition) is 13. The number of imidazole rings is 1. The third kappa shape index (κ3) is 34.9. The van der Waals surface area contributed by atoms with E-state index in [0.29, 0.717) is 22.8 Å². The van der Waals surface area contributed by atoms with E-state index in [1.54, 1.807) is 60.8 Å². The summed E-state index contributed by atoms with van der Waals surface area (Å²) in [5.74, 6) is -0.242. The summed E-state index contributed by atoms with van der Waals surface area (Å²) >= 11 is 0. The number of unbranched alkanes of at least 4 members (excludes halogenated alkanes) is 1. The molecular weight excluding hydrogens is 904 g/mol. The zero-order valence-corrected chi connectivity index (χ0v) is 41.6. The van der Waals surface area contributed by atoms with Crippen LogP contribution in [0.5, 0.6) is 5.75 Å². The molecule has 382 valence electrons. The number of amides is 1. The number of hydrogen-bond donors (Lipinski definition) is 4. The highest BCUT2D eigenvalue weighted by molar-refractivity contribution is 5.89. The lowest BCUT2D eigenvalue weighted by Crippen LogP contribution is -2.26. The summed E-state index contributed by atoms with van der Waals surface area (Å²) in [4.78, 5) is 68.4. The fourth-order valence-electron chi connectivity index (χ4n) is 4.89. The van der Waals surface area contributed by atoms with E-state index in [-0.39, 0.29) is 36.6 Å². The van der Waals surface area contributed by atoms with E-state index in [2.05, 4.69) is 59.0 Å². The number of carbonyl (C=O) groups excluding carboxylic acids is 3. The van der Waals surface area contributed by atoms with Crippen LogP contribution >= 0.6 is 0 Å². The van der Waals surface area contributed by atoms with Crippen molar-refractivity contribution in [2.45, 2.75) is 100 Å².